The quantitative estimate of drug-likeness (QED) is 0.0437. The molecule has 2 aromatic heterocycles. The van der Waals surface area contributed by atoms with E-state index in [0.29, 0.717) is 24.5 Å². The van der Waals surface area contributed by atoms with Crippen LogP contribution in [0.5, 0.6) is 0 Å². The molecule has 0 bridgehead atoms. The molecule has 62 heavy (non-hydrogen) atoms. The maximum Gasteiger partial charge on any atom is 0.511 e. The molecule has 334 valence electrons. The number of hydrogen-bond donors (Lipinski definition) is 1. The minimum atomic E-state index is -1.38. The lowest BCUT2D eigenvalue weighted by atomic mass is 9.84. The van der Waals surface area contributed by atoms with E-state index < -0.39 is 71.1 Å². The monoisotopic (exact) mass is 886 g/mol. The maximum absolute atomic E-state index is 13.6. The number of unbranched alkanes of at least 4 members (excludes halogenated alkanes) is 1. The topological polar surface area (TPSA) is 267 Å². The van der Waals surface area contributed by atoms with Gasteiger partial charge < -0.3 is 42.7 Å². The van der Waals surface area contributed by atoms with E-state index in [1.807, 2.05) is 69.3 Å². The molecule has 0 radical (unpaired) electrons. The Balaban J connectivity index is 1.01. The molecular weight excluding hydrogens is 840 g/mol. The van der Waals surface area contributed by atoms with E-state index >= 15 is 0 Å². The van der Waals surface area contributed by atoms with Crippen LogP contribution >= 0.6 is 11.6 Å². The summed E-state index contributed by atoms with van der Waals surface area (Å²) in [5, 5.41) is 33.8. The molecule has 0 saturated carbocycles. The number of imidazole rings is 1. The molecule has 2 aromatic carbocycles. The van der Waals surface area contributed by atoms with Crippen molar-refractivity contribution in [3.05, 3.63) is 91.0 Å². The summed E-state index contributed by atoms with van der Waals surface area (Å²) in [6.07, 6.45) is -3.54. The summed E-state index contributed by atoms with van der Waals surface area (Å²) in [6.45, 7) is 6.99. The summed E-state index contributed by atoms with van der Waals surface area (Å²) < 4.78 is 35.8. The number of halogens is 1. The fourth-order valence-corrected chi connectivity index (χ4v) is 7.60. The highest BCUT2D eigenvalue weighted by molar-refractivity contribution is 6.32. The third-order valence-corrected chi connectivity index (χ3v) is 10.6. The second-order valence-electron chi connectivity index (χ2n) is 15.4. The number of nitrogens with zero attached hydrogens (tertiary/aromatic N) is 7. The van der Waals surface area contributed by atoms with Gasteiger partial charge in [-0.15, -0.1) is 30.4 Å². The van der Waals surface area contributed by atoms with Crippen LogP contribution in [0.15, 0.2) is 48.5 Å². The molecule has 3 unspecified atom stereocenters. The van der Waals surface area contributed by atoms with Crippen LogP contribution in [0.2, 0.25) is 5.15 Å². The van der Waals surface area contributed by atoms with Crippen molar-refractivity contribution in [1.82, 2.24) is 30.2 Å². The van der Waals surface area contributed by atoms with Crippen molar-refractivity contribution >= 4 is 23.7 Å². The molecular formula is C39H47ClN8O14. The number of ether oxygens (including phenoxy) is 6. The minimum Gasteiger partial charge on any atom is -0.426 e. The van der Waals surface area contributed by atoms with Crippen molar-refractivity contribution in [3.8, 4) is 22.5 Å². The number of H-pyrrole nitrogens is 1. The summed E-state index contributed by atoms with van der Waals surface area (Å²) in [6, 6.07) is 15.5. The van der Waals surface area contributed by atoms with Gasteiger partial charge in [0.05, 0.1) is 13.2 Å². The first-order valence-electron chi connectivity index (χ1n) is 19.9. The lowest BCUT2D eigenvalue weighted by molar-refractivity contribution is -0.790. The van der Waals surface area contributed by atoms with Gasteiger partial charge >= 0.3 is 12.1 Å². The molecule has 0 aliphatic carbocycles. The van der Waals surface area contributed by atoms with E-state index in [0.717, 1.165) is 35.1 Å². The van der Waals surface area contributed by atoms with Crippen LogP contribution in [0.3, 0.4) is 0 Å². The Morgan fingerprint density at radius 2 is 1.73 bits per heavy atom. The van der Waals surface area contributed by atoms with Gasteiger partial charge in [0.2, 0.25) is 12.1 Å². The Labute approximate surface area is 359 Å². The average molecular weight is 887 g/mol. The molecule has 22 nitrogen and oxygen atoms in total. The van der Waals surface area contributed by atoms with Crippen molar-refractivity contribution in [2.75, 3.05) is 26.4 Å². The number of carbonyl (C=O) groups is 2. The first kappa shape index (κ1) is 45.6. The number of aromatic amines is 1. The van der Waals surface area contributed by atoms with Gasteiger partial charge in [0, 0.05) is 32.1 Å². The first-order chi connectivity index (χ1) is 29.7. The van der Waals surface area contributed by atoms with Gasteiger partial charge in [-0.25, -0.2) is 14.6 Å². The number of esters is 1. The number of benzene rings is 2. The van der Waals surface area contributed by atoms with Gasteiger partial charge in [-0.1, -0.05) is 87.3 Å². The summed E-state index contributed by atoms with van der Waals surface area (Å²) in [7, 11) is 0. The highest BCUT2D eigenvalue weighted by Crippen LogP contribution is 2.34. The lowest BCUT2D eigenvalue weighted by Crippen LogP contribution is -2.36. The molecule has 2 saturated heterocycles. The number of hydrogen-bond acceptors (Lipinski definition) is 18. The second kappa shape index (κ2) is 20.7. The van der Waals surface area contributed by atoms with Gasteiger partial charge in [0.25, 0.3) is 10.2 Å². The highest BCUT2D eigenvalue weighted by Gasteiger charge is 2.50. The minimum absolute atomic E-state index is 0.00232. The van der Waals surface area contributed by atoms with Crippen LogP contribution in [0.25, 0.3) is 22.5 Å². The SMILES string of the molecule is CCCCc1nc(Cl)c(C(=O)OC(C)OC(=O)O[C@@H]2COC3C2OC[C@H]3OCCC(C)(C)C[C@H](CO[N+](=O)[O-])O[N+](=O)[O-])n1Cc1ccc(-c2ccccc2-c2nn[nH]n2)cc1. The van der Waals surface area contributed by atoms with E-state index in [1.165, 1.54) is 6.92 Å². The van der Waals surface area contributed by atoms with E-state index in [9.17, 15) is 29.8 Å². The summed E-state index contributed by atoms with van der Waals surface area (Å²) in [4.78, 5) is 61.4. The standard InChI is InChI=1S/C39H47ClN8O14/c1-5-6-11-31-41-35(40)32(46(31)19-24-12-14-25(15-13-24)27-9-7-8-10-28(27)36-42-44-45-43-36)37(49)59-23(2)60-38(50)61-30-22-57-33-29(21-56-34(30)33)55-17-16-39(3,4)18-26(62-48(53)54)20-58-47(51)52/h7-10,12-15,23,26,29-30,33-34H,5-6,11,16-22H2,1-4H3,(H,42,43,44,45)/t23?,26-,29-,30-,33?,34?/m1/s1. The smallest absolute Gasteiger partial charge is 0.426 e. The van der Waals surface area contributed by atoms with Crippen LogP contribution in [-0.2, 0) is 51.1 Å². The van der Waals surface area contributed by atoms with E-state index in [4.69, 9.17) is 40.0 Å². The van der Waals surface area contributed by atoms with Gasteiger partial charge in [0.15, 0.2) is 17.0 Å². The van der Waals surface area contributed by atoms with Gasteiger partial charge in [-0.3, -0.25) is 0 Å². The number of aromatic nitrogens is 6. The third-order valence-electron chi connectivity index (χ3n) is 10.3. The molecule has 4 heterocycles. The Morgan fingerprint density at radius 1 is 1.02 bits per heavy atom. The van der Waals surface area contributed by atoms with Gasteiger partial charge in [-0.2, -0.15) is 5.21 Å². The van der Waals surface area contributed by atoms with E-state index in [2.05, 4.69) is 35.3 Å². The lowest BCUT2D eigenvalue weighted by Gasteiger charge is -2.29. The molecule has 2 aliphatic heterocycles. The van der Waals surface area contributed by atoms with Crippen LogP contribution in [-0.4, -0.2) is 116 Å². The summed E-state index contributed by atoms with van der Waals surface area (Å²) in [5.41, 5.74) is 2.92. The van der Waals surface area contributed by atoms with Crippen molar-refractivity contribution in [3.63, 3.8) is 0 Å². The predicted octanol–water partition coefficient (Wildman–Crippen LogP) is 5.57. The molecule has 2 aliphatic rings. The van der Waals surface area contributed by atoms with Crippen LogP contribution in [0.1, 0.15) is 75.3 Å². The Hall–Kier alpha value is -5.97. The number of carbonyl (C=O) groups excluding carboxylic acids is 2. The second-order valence-corrected chi connectivity index (χ2v) is 15.8. The van der Waals surface area contributed by atoms with Gasteiger partial charge in [-0.05, 0) is 46.6 Å². The van der Waals surface area contributed by atoms with Crippen molar-refractivity contribution < 1.29 is 57.9 Å². The zero-order valence-corrected chi connectivity index (χ0v) is 35.1. The van der Waals surface area contributed by atoms with Crippen molar-refractivity contribution in [2.24, 2.45) is 5.41 Å². The average Bonchev–Trinajstić information content (AvgIpc) is 4.03. The fraction of sp³-hybridized carbons (Fsp3) is 0.538. The number of aryl methyl sites for hydroxylation is 1. The molecule has 6 rings (SSSR count). The number of rotatable bonds is 22. The zero-order valence-electron chi connectivity index (χ0n) is 34.4. The number of nitrogens with one attached hydrogen (secondary N) is 1. The molecule has 4 aromatic rings. The molecule has 0 spiro atoms. The number of tetrazole rings is 1. The van der Waals surface area contributed by atoms with E-state index in [-0.39, 0.29) is 43.6 Å². The first-order valence-corrected chi connectivity index (χ1v) is 20.3. The van der Waals surface area contributed by atoms with Crippen molar-refractivity contribution in [2.45, 2.75) is 103 Å². The van der Waals surface area contributed by atoms with Crippen LogP contribution in [0, 0.1) is 25.6 Å². The summed E-state index contributed by atoms with van der Waals surface area (Å²) >= 11 is 6.56. The third kappa shape index (κ3) is 11.9. The maximum atomic E-state index is 13.6. The van der Waals surface area contributed by atoms with E-state index in [1.54, 1.807) is 4.57 Å². The molecule has 23 heteroatoms. The van der Waals surface area contributed by atoms with Crippen molar-refractivity contribution in [1.29, 1.82) is 0 Å². The molecule has 2 fully saturated rings. The molecule has 6 atom stereocenters. The highest BCUT2D eigenvalue weighted by atomic mass is 35.5. The predicted molar refractivity (Wildman–Crippen MR) is 213 cm³/mol. The Bertz CT molecular complexity index is 2150. The largest absolute Gasteiger partial charge is 0.511 e. The zero-order chi connectivity index (χ0) is 44.4. The Kier molecular flexibility index (Phi) is 15.2. The number of fused-ring (bicyclic) bond motifs is 1. The molecule has 0 amide bonds. The fourth-order valence-electron chi connectivity index (χ4n) is 7.32. The van der Waals surface area contributed by atoms with Crippen LogP contribution in [0.4, 0.5) is 4.79 Å². The summed E-state index contributed by atoms with van der Waals surface area (Å²) in [5.74, 6) is 0.211. The van der Waals surface area contributed by atoms with Gasteiger partial charge in [0.1, 0.15) is 36.8 Å². The molecule has 1 N–H and O–H groups in total. The van der Waals surface area contributed by atoms with Crippen LogP contribution < -0.4 is 0 Å². The Morgan fingerprint density at radius 3 is 2.40 bits per heavy atom. The normalized spacial score (nSPS) is 19.3.